The molecule has 0 aromatic heterocycles. The average molecular weight is 352 g/mol. The summed E-state index contributed by atoms with van der Waals surface area (Å²) < 4.78 is 47.7. The summed E-state index contributed by atoms with van der Waals surface area (Å²) in [5, 5.41) is 0. The van der Waals surface area contributed by atoms with Crippen molar-refractivity contribution in [3.8, 4) is 11.5 Å². The van der Waals surface area contributed by atoms with Gasteiger partial charge in [0.2, 0.25) is 6.10 Å². The highest BCUT2D eigenvalue weighted by Gasteiger charge is 2.28. The molecule has 1 heterocycles. The maximum Gasteiger partial charge on any atom is 0.279 e. The third kappa shape index (κ3) is 3.47. The van der Waals surface area contributed by atoms with Gasteiger partial charge in [-0.05, 0) is 36.4 Å². The summed E-state index contributed by atoms with van der Waals surface area (Å²) in [6.07, 6.45) is -1.00. The minimum Gasteiger partial charge on any atom is -0.485 e. The zero-order valence-electron chi connectivity index (χ0n) is 12.2. The van der Waals surface area contributed by atoms with Crippen LogP contribution in [-0.2, 0) is 14.8 Å². The number of hydrogen-bond donors (Lipinski definition) is 2. The lowest BCUT2D eigenvalue weighted by molar-refractivity contribution is -0.130. The monoisotopic (exact) mass is 352 g/mol. The minimum atomic E-state index is -4.02. The van der Waals surface area contributed by atoms with Crippen molar-refractivity contribution in [2.75, 3.05) is 6.61 Å². The minimum absolute atomic E-state index is 0.0544. The Bertz CT molecular complexity index is 854. The largest absolute Gasteiger partial charge is 0.485 e. The van der Waals surface area contributed by atoms with Gasteiger partial charge >= 0.3 is 0 Å². The van der Waals surface area contributed by atoms with Gasteiger partial charge in [0.25, 0.3) is 15.9 Å². The number of rotatable bonds is 4. The Kier molecular flexibility index (Phi) is 4.36. The molecule has 1 atom stereocenters. The molecule has 24 heavy (non-hydrogen) atoms. The third-order valence-corrected chi connectivity index (χ3v) is 4.50. The molecule has 0 saturated carbocycles. The van der Waals surface area contributed by atoms with Crippen LogP contribution in [0.4, 0.5) is 4.39 Å². The lowest BCUT2D eigenvalue weighted by atomic mass is 10.2. The van der Waals surface area contributed by atoms with E-state index in [1.54, 1.807) is 24.3 Å². The summed E-state index contributed by atoms with van der Waals surface area (Å²) in [4.78, 5) is 13.8. The number of fused-ring (bicyclic) bond motifs is 1. The second kappa shape index (κ2) is 6.46. The molecular weight excluding hydrogens is 339 g/mol. The third-order valence-electron chi connectivity index (χ3n) is 3.23. The van der Waals surface area contributed by atoms with Crippen LogP contribution in [0.1, 0.15) is 0 Å². The number of hydrogen-bond acceptors (Lipinski definition) is 5. The quantitative estimate of drug-likeness (QED) is 0.800. The van der Waals surface area contributed by atoms with Crippen molar-refractivity contribution in [2.45, 2.75) is 11.0 Å². The molecule has 9 heteroatoms. The Morgan fingerprint density at radius 3 is 2.46 bits per heavy atom. The molecule has 1 aliphatic rings. The summed E-state index contributed by atoms with van der Waals surface area (Å²) >= 11 is 0. The van der Waals surface area contributed by atoms with E-state index in [9.17, 15) is 17.6 Å². The maximum atomic E-state index is 12.8. The van der Waals surface area contributed by atoms with Crippen molar-refractivity contribution < 1.29 is 27.1 Å². The number of para-hydroxylation sites is 2. The number of sulfonamides is 1. The molecule has 0 aliphatic carbocycles. The molecule has 126 valence electrons. The van der Waals surface area contributed by atoms with E-state index in [-0.39, 0.29) is 11.5 Å². The molecule has 1 aliphatic heterocycles. The van der Waals surface area contributed by atoms with Gasteiger partial charge in [0, 0.05) is 0 Å². The molecule has 0 fully saturated rings. The predicted octanol–water partition coefficient (Wildman–Crippen LogP) is 0.975. The van der Waals surface area contributed by atoms with Crippen LogP contribution >= 0.6 is 0 Å². The highest BCUT2D eigenvalue weighted by molar-refractivity contribution is 7.89. The van der Waals surface area contributed by atoms with Gasteiger partial charge in [-0.3, -0.25) is 10.2 Å². The fourth-order valence-corrected chi connectivity index (χ4v) is 2.87. The molecular formula is C15H13FN2O5S. The standard InChI is InChI=1S/C15H13FN2O5S/c16-10-5-7-11(8-6-10)24(20,21)18-17-15(19)14-9-22-12-3-1-2-4-13(12)23-14/h1-8,14,18H,9H2,(H,17,19)/t14-/m1/s1. The fraction of sp³-hybridized carbons (Fsp3) is 0.133. The van der Waals surface area contributed by atoms with E-state index in [4.69, 9.17) is 9.47 Å². The first-order valence-corrected chi connectivity index (χ1v) is 8.40. The molecule has 0 saturated heterocycles. The van der Waals surface area contributed by atoms with Gasteiger partial charge in [-0.25, -0.2) is 12.8 Å². The van der Waals surface area contributed by atoms with Gasteiger partial charge in [-0.15, -0.1) is 4.83 Å². The van der Waals surface area contributed by atoms with E-state index in [0.717, 1.165) is 24.3 Å². The normalized spacial score (nSPS) is 16.5. The zero-order chi connectivity index (χ0) is 17.2. The SMILES string of the molecule is O=C(NNS(=O)(=O)c1ccc(F)cc1)[C@H]1COc2ccccc2O1. The second-order valence-electron chi connectivity index (χ2n) is 4.91. The Labute approximate surface area is 137 Å². The topological polar surface area (TPSA) is 93.7 Å². The van der Waals surface area contributed by atoms with Crippen LogP contribution in [0.15, 0.2) is 53.4 Å². The van der Waals surface area contributed by atoms with Crippen molar-refractivity contribution >= 4 is 15.9 Å². The maximum absolute atomic E-state index is 12.8. The van der Waals surface area contributed by atoms with Crippen molar-refractivity contribution in [3.63, 3.8) is 0 Å². The lowest BCUT2D eigenvalue weighted by Crippen LogP contribution is -2.50. The van der Waals surface area contributed by atoms with E-state index >= 15 is 0 Å². The number of benzene rings is 2. The molecule has 1 amide bonds. The first-order valence-electron chi connectivity index (χ1n) is 6.91. The van der Waals surface area contributed by atoms with Crippen molar-refractivity contribution in [3.05, 3.63) is 54.3 Å². The Morgan fingerprint density at radius 1 is 1.08 bits per heavy atom. The molecule has 0 radical (unpaired) electrons. The first-order chi connectivity index (χ1) is 11.5. The van der Waals surface area contributed by atoms with Crippen LogP contribution in [-0.4, -0.2) is 27.0 Å². The first kappa shape index (κ1) is 16.2. The zero-order valence-corrected chi connectivity index (χ0v) is 13.0. The van der Waals surface area contributed by atoms with Crippen LogP contribution in [0.25, 0.3) is 0 Å². The van der Waals surface area contributed by atoms with Crippen LogP contribution in [0, 0.1) is 5.82 Å². The summed E-state index contributed by atoms with van der Waals surface area (Å²) in [6.45, 7) is -0.0544. The number of halogens is 1. The van der Waals surface area contributed by atoms with Crippen LogP contribution in [0.5, 0.6) is 11.5 Å². The summed E-state index contributed by atoms with van der Waals surface area (Å²) in [5.74, 6) is -0.377. The number of hydrazine groups is 1. The van der Waals surface area contributed by atoms with E-state index in [0.29, 0.717) is 11.5 Å². The Balaban J connectivity index is 1.63. The number of nitrogens with one attached hydrogen (secondary N) is 2. The predicted molar refractivity (Wildman–Crippen MR) is 81.2 cm³/mol. The van der Waals surface area contributed by atoms with E-state index in [1.165, 1.54) is 0 Å². The molecule has 0 bridgehead atoms. The van der Waals surface area contributed by atoms with Crippen LogP contribution in [0.3, 0.4) is 0 Å². The number of amides is 1. The molecule has 2 N–H and O–H groups in total. The van der Waals surface area contributed by atoms with E-state index in [2.05, 4.69) is 5.43 Å². The number of ether oxygens (including phenoxy) is 2. The fourth-order valence-electron chi connectivity index (χ4n) is 2.02. The van der Waals surface area contributed by atoms with Crippen LogP contribution in [0.2, 0.25) is 0 Å². The average Bonchev–Trinajstić information content (AvgIpc) is 2.59. The number of carbonyl (C=O) groups excluding carboxylic acids is 1. The molecule has 0 unspecified atom stereocenters. The molecule has 2 aromatic rings. The molecule has 7 nitrogen and oxygen atoms in total. The summed E-state index contributed by atoms with van der Waals surface area (Å²) in [6, 6.07) is 11.0. The van der Waals surface area contributed by atoms with Crippen molar-refractivity contribution in [1.82, 2.24) is 10.3 Å². The molecule has 2 aromatic carbocycles. The van der Waals surface area contributed by atoms with E-state index < -0.39 is 27.9 Å². The van der Waals surface area contributed by atoms with Crippen molar-refractivity contribution in [2.24, 2.45) is 0 Å². The highest BCUT2D eigenvalue weighted by atomic mass is 32.2. The van der Waals surface area contributed by atoms with Gasteiger partial charge in [0.1, 0.15) is 12.4 Å². The summed E-state index contributed by atoms with van der Waals surface area (Å²) in [5.41, 5.74) is 2.06. The van der Waals surface area contributed by atoms with Gasteiger partial charge in [-0.1, -0.05) is 12.1 Å². The molecule has 3 rings (SSSR count). The van der Waals surface area contributed by atoms with Gasteiger partial charge in [0.15, 0.2) is 11.5 Å². The smallest absolute Gasteiger partial charge is 0.279 e. The molecule has 0 spiro atoms. The summed E-state index contributed by atoms with van der Waals surface area (Å²) in [7, 11) is -4.02. The van der Waals surface area contributed by atoms with Crippen LogP contribution < -0.4 is 19.7 Å². The van der Waals surface area contributed by atoms with Gasteiger partial charge < -0.3 is 9.47 Å². The van der Waals surface area contributed by atoms with E-state index in [1.807, 2.05) is 4.83 Å². The van der Waals surface area contributed by atoms with Gasteiger partial charge in [-0.2, -0.15) is 0 Å². The van der Waals surface area contributed by atoms with Gasteiger partial charge in [0.05, 0.1) is 4.90 Å². The second-order valence-corrected chi connectivity index (χ2v) is 6.60. The lowest BCUT2D eigenvalue weighted by Gasteiger charge is -2.25. The Hall–Kier alpha value is -2.65. The highest BCUT2D eigenvalue weighted by Crippen LogP contribution is 2.30. The Morgan fingerprint density at radius 2 is 1.75 bits per heavy atom. The van der Waals surface area contributed by atoms with Crippen molar-refractivity contribution in [1.29, 1.82) is 0 Å². The number of carbonyl (C=O) groups is 1.